The van der Waals surface area contributed by atoms with E-state index in [0.717, 1.165) is 11.3 Å². The smallest absolute Gasteiger partial charge is 0.271 e. The van der Waals surface area contributed by atoms with Crippen LogP contribution in [0.4, 0.5) is 11.4 Å². The minimum absolute atomic E-state index is 0.0157. The van der Waals surface area contributed by atoms with E-state index < -0.39 is 20.0 Å². The highest BCUT2D eigenvalue weighted by molar-refractivity contribution is 7.94. The summed E-state index contributed by atoms with van der Waals surface area (Å²) >= 11 is 13.0. The third kappa shape index (κ3) is 4.61. The van der Waals surface area contributed by atoms with Gasteiger partial charge in [-0.05, 0) is 48.2 Å². The van der Waals surface area contributed by atoms with Gasteiger partial charge in [0.05, 0.1) is 26.3 Å². The van der Waals surface area contributed by atoms with Crippen molar-refractivity contribution in [2.24, 2.45) is 0 Å². The van der Waals surface area contributed by atoms with Crippen molar-refractivity contribution in [3.63, 3.8) is 0 Å². The van der Waals surface area contributed by atoms with Crippen LogP contribution in [0, 0.1) is 6.92 Å². The van der Waals surface area contributed by atoms with E-state index in [0.29, 0.717) is 5.56 Å². The lowest BCUT2D eigenvalue weighted by Gasteiger charge is -2.15. The molecule has 0 saturated carbocycles. The van der Waals surface area contributed by atoms with E-state index in [4.69, 9.17) is 23.2 Å². The van der Waals surface area contributed by atoms with Gasteiger partial charge in [0.25, 0.3) is 20.0 Å². The Morgan fingerprint density at radius 2 is 1.36 bits per heavy atom. The molecule has 147 valence electrons. The number of thiophene rings is 1. The quantitative estimate of drug-likeness (QED) is 0.533. The van der Waals surface area contributed by atoms with Crippen LogP contribution in [-0.4, -0.2) is 16.8 Å². The number of anilines is 2. The highest BCUT2D eigenvalue weighted by atomic mass is 35.5. The van der Waals surface area contributed by atoms with Crippen molar-refractivity contribution in [2.45, 2.75) is 9.10 Å². The molecule has 1 heterocycles. The molecule has 1 aromatic heterocycles. The van der Waals surface area contributed by atoms with E-state index in [9.17, 15) is 16.8 Å². The van der Waals surface area contributed by atoms with E-state index in [1.165, 1.54) is 30.3 Å². The maximum Gasteiger partial charge on any atom is 0.271 e. The van der Waals surface area contributed by atoms with Gasteiger partial charge < -0.3 is 0 Å². The molecule has 0 unspecified atom stereocenters. The summed E-state index contributed by atoms with van der Waals surface area (Å²) in [4.78, 5) is -0.0157. The number of sulfonamides is 2. The summed E-state index contributed by atoms with van der Waals surface area (Å²) in [6.07, 6.45) is 0. The topological polar surface area (TPSA) is 92.3 Å². The molecule has 0 atom stereocenters. The normalized spacial score (nSPS) is 12.0. The number of hydrogen-bond donors (Lipinski definition) is 2. The summed E-state index contributed by atoms with van der Waals surface area (Å²) in [7, 11) is -7.93. The Hall–Kier alpha value is -1.78. The molecule has 0 aliphatic rings. The number of halogens is 2. The van der Waals surface area contributed by atoms with Gasteiger partial charge >= 0.3 is 0 Å². The number of hydrogen-bond acceptors (Lipinski definition) is 5. The number of rotatable bonds is 6. The summed E-state index contributed by atoms with van der Waals surface area (Å²) < 4.78 is 55.1. The molecule has 0 aliphatic carbocycles. The molecule has 0 fully saturated rings. The second-order valence-corrected chi connectivity index (χ2v) is 11.0. The van der Waals surface area contributed by atoms with Gasteiger partial charge in [0.1, 0.15) is 4.21 Å². The molecule has 0 amide bonds. The minimum Gasteiger partial charge on any atom is -0.277 e. The standard InChI is InChI=1S/C17H13Cl2N2O4S3/c1-11-4-6-12(7-5-11)27(22,23)20-15-9-13(18)14(19)10-16(15)21-28(24,25)17-3-2-8-26-17/h2-10,20-21H,1H2. The van der Waals surface area contributed by atoms with Gasteiger partial charge in [0.15, 0.2) is 0 Å². The van der Waals surface area contributed by atoms with Crippen LogP contribution in [0.3, 0.4) is 0 Å². The second-order valence-electron chi connectivity index (χ2n) is 5.60. The van der Waals surface area contributed by atoms with E-state index >= 15 is 0 Å². The lowest BCUT2D eigenvalue weighted by molar-refractivity contribution is 0.599. The van der Waals surface area contributed by atoms with Gasteiger partial charge in [-0.25, -0.2) is 16.8 Å². The van der Waals surface area contributed by atoms with Crippen LogP contribution in [0.25, 0.3) is 0 Å². The fourth-order valence-corrected chi connectivity index (χ4v) is 5.66. The first kappa shape index (κ1) is 20.9. The van der Waals surface area contributed by atoms with Crippen LogP contribution in [0.1, 0.15) is 5.56 Å². The SMILES string of the molecule is [CH2]c1ccc(S(=O)(=O)Nc2cc(Cl)c(Cl)cc2NS(=O)(=O)c2cccs2)cc1. The molecule has 11 heteroatoms. The highest BCUT2D eigenvalue weighted by Crippen LogP contribution is 2.35. The molecule has 2 N–H and O–H groups in total. The number of benzene rings is 2. The first-order valence-electron chi connectivity index (χ1n) is 7.59. The minimum atomic E-state index is -4.00. The fraction of sp³-hybridized carbons (Fsp3) is 0. The zero-order valence-corrected chi connectivity index (χ0v) is 18.0. The Bertz CT molecular complexity index is 1210. The molecule has 0 bridgehead atoms. The Morgan fingerprint density at radius 3 is 1.86 bits per heavy atom. The van der Waals surface area contributed by atoms with Crippen molar-refractivity contribution >= 4 is 66.0 Å². The van der Waals surface area contributed by atoms with Gasteiger partial charge in [-0.15, -0.1) is 11.3 Å². The van der Waals surface area contributed by atoms with E-state index in [2.05, 4.69) is 16.4 Å². The van der Waals surface area contributed by atoms with Gasteiger partial charge in [0, 0.05) is 0 Å². The predicted octanol–water partition coefficient (Wildman–Crippen LogP) is 4.84. The maximum atomic E-state index is 12.7. The average Bonchev–Trinajstić information content (AvgIpc) is 3.15. The molecule has 6 nitrogen and oxygen atoms in total. The maximum absolute atomic E-state index is 12.7. The van der Waals surface area contributed by atoms with Crippen molar-refractivity contribution in [3.8, 4) is 0 Å². The predicted molar refractivity (Wildman–Crippen MR) is 113 cm³/mol. The van der Waals surface area contributed by atoms with Crippen molar-refractivity contribution in [3.05, 3.63) is 76.4 Å². The van der Waals surface area contributed by atoms with E-state index in [-0.39, 0.29) is 30.5 Å². The average molecular weight is 476 g/mol. The zero-order chi connectivity index (χ0) is 20.5. The van der Waals surface area contributed by atoms with Crippen molar-refractivity contribution in [1.82, 2.24) is 0 Å². The lowest BCUT2D eigenvalue weighted by atomic mass is 10.2. The van der Waals surface area contributed by atoms with Crippen molar-refractivity contribution < 1.29 is 16.8 Å². The third-order valence-corrected chi connectivity index (χ3v) is 8.41. The van der Waals surface area contributed by atoms with Gasteiger partial charge in [0.2, 0.25) is 0 Å². The first-order valence-corrected chi connectivity index (χ1v) is 12.2. The molecule has 3 aromatic rings. The third-order valence-electron chi connectivity index (χ3n) is 3.54. The fourth-order valence-electron chi connectivity index (χ4n) is 2.20. The lowest BCUT2D eigenvalue weighted by Crippen LogP contribution is -2.17. The summed E-state index contributed by atoms with van der Waals surface area (Å²) in [6.45, 7) is 3.70. The molecule has 0 aliphatic heterocycles. The Kier molecular flexibility index (Phi) is 5.92. The van der Waals surface area contributed by atoms with Crippen LogP contribution >= 0.6 is 34.5 Å². The summed E-state index contributed by atoms with van der Waals surface area (Å²) in [5, 5.41) is 1.74. The number of nitrogens with one attached hydrogen (secondary N) is 2. The van der Waals surface area contributed by atoms with Gasteiger partial charge in [-0.3, -0.25) is 9.44 Å². The Morgan fingerprint density at radius 1 is 0.821 bits per heavy atom. The Labute approximate surface area is 177 Å². The molecule has 0 saturated heterocycles. The monoisotopic (exact) mass is 475 g/mol. The summed E-state index contributed by atoms with van der Waals surface area (Å²) in [6, 6.07) is 11.4. The van der Waals surface area contributed by atoms with E-state index in [1.807, 2.05) is 0 Å². The molecule has 3 rings (SSSR count). The largest absolute Gasteiger partial charge is 0.277 e. The first-order chi connectivity index (χ1) is 13.1. The van der Waals surface area contributed by atoms with Crippen LogP contribution in [0.5, 0.6) is 0 Å². The summed E-state index contributed by atoms with van der Waals surface area (Å²) in [5.41, 5.74) is 0.534. The van der Waals surface area contributed by atoms with E-state index in [1.54, 1.807) is 23.6 Å². The molecule has 0 spiro atoms. The molecule has 1 radical (unpaired) electrons. The van der Waals surface area contributed by atoms with Crippen LogP contribution < -0.4 is 9.44 Å². The molecule has 2 aromatic carbocycles. The van der Waals surface area contributed by atoms with Crippen molar-refractivity contribution in [2.75, 3.05) is 9.44 Å². The highest BCUT2D eigenvalue weighted by Gasteiger charge is 2.22. The van der Waals surface area contributed by atoms with Crippen molar-refractivity contribution in [1.29, 1.82) is 0 Å². The second kappa shape index (κ2) is 7.92. The Balaban J connectivity index is 2.01. The summed E-state index contributed by atoms with van der Waals surface area (Å²) in [5.74, 6) is 0. The molecular formula is C17H13Cl2N2O4S3. The zero-order valence-electron chi connectivity index (χ0n) is 14.0. The molecule has 28 heavy (non-hydrogen) atoms. The molecular weight excluding hydrogens is 463 g/mol. The van der Waals surface area contributed by atoms with Gasteiger partial charge in [-0.1, -0.05) is 41.4 Å². The van der Waals surface area contributed by atoms with Crippen LogP contribution in [-0.2, 0) is 20.0 Å². The van der Waals surface area contributed by atoms with Crippen LogP contribution in [0.15, 0.2) is 63.0 Å². The van der Waals surface area contributed by atoms with Gasteiger partial charge in [-0.2, -0.15) is 0 Å². The van der Waals surface area contributed by atoms with Crippen LogP contribution in [0.2, 0.25) is 10.0 Å².